The molecule has 3 amide bonds. The number of aliphatic hydroxyl groups excluding tert-OH is 1. The van der Waals surface area contributed by atoms with Crippen molar-refractivity contribution in [2.24, 2.45) is 5.92 Å². The molecule has 44 heavy (non-hydrogen) atoms. The Bertz CT molecular complexity index is 1350. The number of carbonyl (C=O) groups is 4. The number of amides is 3. The van der Waals surface area contributed by atoms with E-state index in [0.29, 0.717) is 50.3 Å². The number of carbonyl (C=O) groups excluding carboxylic acids is 3. The lowest BCUT2D eigenvalue weighted by Gasteiger charge is -2.52. The topological polar surface area (TPSA) is 139 Å². The van der Waals surface area contributed by atoms with Gasteiger partial charge in [-0.1, -0.05) is 50.8 Å². The number of likely N-dealkylation sites (tertiary alicyclic amines) is 1. The molecule has 0 aromatic heterocycles. The van der Waals surface area contributed by atoms with Gasteiger partial charge in [0.1, 0.15) is 11.6 Å². The van der Waals surface area contributed by atoms with Gasteiger partial charge in [0.25, 0.3) is 5.91 Å². The summed E-state index contributed by atoms with van der Waals surface area (Å²) in [6.07, 6.45) is 6.95. The Morgan fingerprint density at radius 3 is 2.39 bits per heavy atom. The number of rotatable bonds is 10. The largest absolute Gasteiger partial charge is 0.478 e. The number of nitrogens with one attached hydrogen (secondary N) is 2. The summed E-state index contributed by atoms with van der Waals surface area (Å²) in [5.41, 5.74) is 1.09. The highest BCUT2D eigenvalue weighted by atomic mass is 16.4. The van der Waals surface area contributed by atoms with Gasteiger partial charge in [0, 0.05) is 37.4 Å². The van der Waals surface area contributed by atoms with E-state index in [4.69, 9.17) is 0 Å². The van der Waals surface area contributed by atoms with Gasteiger partial charge in [0.05, 0.1) is 11.7 Å². The molecule has 3 fully saturated rings. The van der Waals surface area contributed by atoms with Crippen molar-refractivity contribution in [1.82, 2.24) is 15.1 Å². The number of anilines is 1. The highest BCUT2D eigenvalue weighted by Gasteiger charge is 2.55. The van der Waals surface area contributed by atoms with E-state index >= 15 is 0 Å². The van der Waals surface area contributed by atoms with E-state index in [-0.39, 0.29) is 29.2 Å². The molecule has 2 aromatic carbocycles. The van der Waals surface area contributed by atoms with Crippen molar-refractivity contribution in [3.8, 4) is 0 Å². The average molecular weight is 605 g/mol. The van der Waals surface area contributed by atoms with E-state index in [9.17, 15) is 29.4 Å². The second kappa shape index (κ2) is 13.9. The standard InChI is InChI=1S/C34H44N4O6/c1-2-3-18-38-31(41)28(29(39)24-8-5-4-6-9-24)36-33(44)34(38)16-19-37(20-17-34)22-23-12-14-25(15-13-23)30(40)35-27-11-7-10-26(21-27)32(42)43/h7,10-15,21,24,28-29,39H,2-6,8-9,16-20,22H2,1H3,(H,35,40)(H,36,44)(H,42,43)/t28-,29-/m1/s1. The van der Waals surface area contributed by atoms with Gasteiger partial charge in [0.2, 0.25) is 11.8 Å². The van der Waals surface area contributed by atoms with E-state index in [2.05, 4.69) is 22.5 Å². The van der Waals surface area contributed by atoms with Crippen LogP contribution in [0.3, 0.4) is 0 Å². The fourth-order valence-electron chi connectivity index (χ4n) is 6.99. The van der Waals surface area contributed by atoms with E-state index in [1.807, 2.05) is 12.1 Å². The predicted molar refractivity (Wildman–Crippen MR) is 166 cm³/mol. The van der Waals surface area contributed by atoms with Crippen molar-refractivity contribution in [2.75, 3.05) is 25.0 Å². The summed E-state index contributed by atoms with van der Waals surface area (Å²) in [5.74, 6) is -1.63. The molecule has 1 aliphatic carbocycles. The van der Waals surface area contributed by atoms with Crippen LogP contribution in [0.1, 0.15) is 91.0 Å². The third-order valence-electron chi connectivity index (χ3n) is 9.64. The van der Waals surface area contributed by atoms with Crippen molar-refractivity contribution >= 4 is 29.4 Å². The summed E-state index contributed by atoms with van der Waals surface area (Å²) in [4.78, 5) is 55.6. The Morgan fingerprint density at radius 1 is 1.02 bits per heavy atom. The van der Waals surface area contributed by atoms with Gasteiger partial charge in [-0.3, -0.25) is 19.3 Å². The van der Waals surface area contributed by atoms with Crippen LogP contribution < -0.4 is 10.6 Å². The van der Waals surface area contributed by atoms with Gasteiger partial charge in [-0.2, -0.15) is 0 Å². The first-order chi connectivity index (χ1) is 21.2. The molecule has 10 nitrogen and oxygen atoms in total. The number of benzene rings is 2. The van der Waals surface area contributed by atoms with Crippen LogP contribution in [0.25, 0.3) is 0 Å². The Hall–Kier alpha value is -3.76. The summed E-state index contributed by atoms with van der Waals surface area (Å²) >= 11 is 0. The third kappa shape index (κ3) is 6.81. The highest BCUT2D eigenvalue weighted by Crippen LogP contribution is 2.36. The fourth-order valence-corrected chi connectivity index (χ4v) is 6.99. The maximum atomic E-state index is 13.8. The van der Waals surface area contributed by atoms with Gasteiger partial charge >= 0.3 is 5.97 Å². The van der Waals surface area contributed by atoms with Crippen LogP contribution in [0.5, 0.6) is 0 Å². The van der Waals surface area contributed by atoms with Crippen LogP contribution in [0, 0.1) is 5.92 Å². The number of hydrogen-bond acceptors (Lipinski definition) is 6. The number of piperazine rings is 1. The van der Waals surface area contributed by atoms with Gasteiger partial charge in [-0.15, -0.1) is 0 Å². The molecule has 5 rings (SSSR count). The Balaban J connectivity index is 1.20. The fraction of sp³-hybridized carbons (Fsp3) is 0.529. The number of piperidine rings is 1. The molecular formula is C34H44N4O6. The molecule has 0 bridgehead atoms. The van der Waals surface area contributed by atoms with Crippen molar-refractivity contribution in [1.29, 1.82) is 0 Å². The summed E-state index contributed by atoms with van der Waals surface area (Å²) in [6, 6.07) is 12.5. The van der Waals surface area contributed by atoms with Crippen LogP contribution in [-0.4, -0.2) is 81.0 Å². The number of aromatic carboxylic acids is 1. The average Bonchev–Trinajstić information content (AvgIpc) is 3.04. The molecule has 2 aliphatic heterocycles. The Labute approximate surface area is 258 Å². The molecule has 0 radical (unpaired) electrons. The quantitative estimate of drug-likeness (QED) is 0.321. The maximum absolute atomic E-state index is 13.8. The van der Waals surface area contributed by atoms with E-state index < -0.39 is 23.7 Å². The first kappa shape index (κ1) is 31.7. The molecule has 2 aromatic rings. The molecule has 3 aliphatic rings. The number of aliphatic hydroxyl groups is 1. The first-order valence-electron chi connectivity index (χ1n) is 16.0. The number of unbranched alkanes of at least 4 members (excludes halogenated alkanes) is 1. The first-order valence-corrected chi connectivity index (χ1v) is 16.0. The lowest BCUT2D eigenvalue weighted by molar-refractivity contribution is -0.166. The molecule has 2 atom stereocenters. The van der Waals surface area contributed by atoms with Crippen LogP contribution in [0.2, 0.25) is 0 Å². The summed E-state index contributed by atoms with van der Waals surface area (Å²) in [7, 11) is 0. The second-order valence-corrected chi connectivity index (χ2v) is 12.5. The van der Waals surface area contributed by atoms with E-state index in [0.717, 1.165) is 50.5 Å². The SMILES string of the molecule is CCCCN1C(=O)[C@@H]([C@H](O)C2CCCCC2)NC(=O)C12CCN(Cc1ccc(C(=O)Nc3cccc(C(=O)O)c3)cc1)CC2. The lowest BCUT2D eigenvalue weighted by atomic mass is 9.78. The van der Waals surface area contributed by atoms with Crippen molar-refractivity contribution in [3.05, 3.63) is 65.2 Å². The van der Waals surface area contributed by atoms with E-state index in [1.165, 1.54) is 12.1 Å². The molecule has 10 heteroatoms. The summed E-state index contributed by atoms with van der Waals surface area (Å²) in [5, 5.41) is 26.1. The predicted octanol–water partition coefficient (Wildman–Crippen LogP) is 4.04. The Morgan fingerprint density at radius 2 is 1.73 bits per heavy atom. The zero-order valence-corrected chi connectivity index (χ0v) is 25.5. The summed E-state index contributed by atoms with van der Waals surface area (Å²) in [6.45, 7) is 4.51. The zero-order chi connectivity index (χ0) is 31.3. The van der Waals surface area contributed by atoms with Crippen LogP contribution in [0.15, 0.2) is 48.5 Å². The molecular weight excluding hydrogens is 560 g/mol. The van der Waals surface area contributed by atoms with Crippen LogP contribution >= 0.6 is 0 Å². The number of hydrogen-bond donors (Lipinski definition) is 4. The normalized spacial score (nSPS) is 21.6. The minimum Gasteiger partial charge on any atom is -0.478 e. The second-order valence-electron chi connectivity index (χ2n) is 12.5. The zero-order valence-electron chi connectivity index (χ0n) is 25.5. The van der Waals surface area contributed by atoms with Gasteiger partial charge in [-0.25, -0.2) is 4.79 Å². The van der Waals surface area contributed by atoms with Crippen molar-refractivity contribution in [3.63, 3.8) is 0 Å². The molecule has 1 saturated carbocycles. The third-order valence-corrected chi connectivity index (χ3v) is 9.64. The van der Waals surface area contributed by atoms with Gasteiger partial charge < -0.3 is 25.7 Å². The number of carboxylic acid groups (broad SMARTS) is 1. The molecule has 4 N–H and O–H groups in total. The highest BCUT2D eigenvalue weighted by molar-refractivity contribution is 6.05. The van der Waals surface area contributed by atoms with Gasteiger partial charge in [0.15, 0.2) is 0 Å². The number of carboxylic acids is 1. The molecule has 1 spiro atoms. The van der Waals surface area contributed by atoms with Crippen molar-refractivity contribution < 1.29 is 29.4 Å². The molecule has 2 heterocycles. The van der Waals surface area contributed by atoms with Crippen LogP contribution in [-0.2, 0) is 16.1 Å². The minimum atomic E-state index is -1.06. The smallest absolute Gasteiger partial charge is 0.335 e. The maximum Gasteiger partial charge on any atom is 0.335 e. The molecule has 0 unspecified atom stereocenters. The van der Waals surface area contributed by atoms with Crippen LogP contribution in [0.4, 0.5) is 5.69 Å². The van der Waals surface area contributed by atoms with E-state index in [1.54, 1.807) is 29.2 Å². The summed E-state index contributed by atoms with van der Waals surface area (Å²) < 4.78 is 0. The Kier molecular flexibility index (Phi) is 10.0. The molecule has 2 saturated heterocycles. The minimum absolute atomic E-state index is 0.0440. The van der Waals surface area contributed by atoms with Gasteiger partial charge in [-0.05, 0) is 73.9 Å². The molecule has 236 valence electrons. The van der Waals surface area contributed by atoms with Crippen molar-refractivity contribution in [2.45, 2.75) is 88.9 Å². The lowest BCUT2D eigenvalue weighted by Crippen LogP contribution is -2.75. The number of nitrogens with zero attached hydrogens (tertiary/aromatic N) is 2. The monoisotopic (exact) mass is 604 g/mol.